The number of carboxylic acid groups (broad SMARTS) is 1. The summed E-state index contributed by atoms with van der Waals surface area (Å²) < 4.78 is 26.0. The summed E-state index contributed by atoms with van der Waals surface area (Å²) in [6.45, 7) is 0.758. The Kier molecular flexibility index (Phi) is 3.93. The minimum Gasteiger partial charge on any atom is -0.479 e. The summed E-state index contributed by atoms with van der Waals surface area (Å²) >= 11 is 0. The van der Waals surface area contributed by atoms with Crippen LogP contribution in [0.2, 0.25) is 0 Å². The van der Waals surface area contributed by atoms with Gasteiger partial charge in [-0.1, -0.05) is 5.16 Å². The van der Waals surface area contributed by atoms with Gasteiger partial charge in [0.25, 0.3) is 0 Å². The highest BCUT2D eigenvalue weighted by atomic mass is 19.1. The Morgan fingerprint density at radius 1 is 1.50 bits per heavy atom. The molecule has 0 spiro atoms. The molecule has 0 atom stereocenters. The highest BCUT2D eigenvalue weighted by Crippen LogP contribution is 2.10. The number of hydrogen-bond donors (Lipinski definition) is 1. The van der Waals surface area contributed by atoms with Crippen molar-refractivity contribution in [3.8, 4) is 0 Å². The monoisotopic (exact) mass is 229 g/mol. The van der Waals surface area contributed by atoms with Crippen LogP contribution in [0.5, 0.6) is 0 Å². The first kappa shape index (κ1) is 12.1. The molecule has 1 rings (SSSR count). The fourth-order valence-corrected chi connectivity index (χ4v) is 1.01. The quantitative estimate of drug-likeness (QED) is 0.632. The Balaban J connectivity index is 2.82. The molecule has 1 N–H and O–H groups in total. The molecule has 1 aromatic rings. The van der Waals surface area contributed by atoms with Gasteiger partial charge in [0.2, 0.25) is 6.61 Å². The molecule has 6 heteroatoms. The highest BCUT2D eigenvalue weighted by Gasteiger charge is 2.07. The highest BCUT2D eigenvalue weighted by molar-refractivity contribution is 5.98. The lowest BCUT2D eigenvalue weighted by Crippen LogP contribution is -2.06. The van der Waals surface area contributed by atoms with Crippen molar-refractivity contribution in [2.45, 2.75) is 6.92 Å². The molecule has 0 aliphatic carbocycles. The Hall–Kier alpha value is -1.98. The van der Waals surface area contributed by atoms with E-state index >= 15 is 0 Å². The Morgan fingerprint density at radius 3 is 2.81 bits per heavy atom. The molecule has 86 valence electrons. The molecule has 0 heterocycles. The normalized spacial score (nSPS) is 11.3. The summed E-state index contributed by atoms with van der Waals surface area (Å²) in [5.41, 5.74) is 0.00337. The van der Waals surface area contributed by atoms with Crippen LogP contribution in [0.4, 0.5) is 8.78 Å². The lowest BCUT2D eigenvalue weighted by Gasteiger charge is -2.02. The summed E-state index contributed by atoms with van der Waals surface area (Å²) in [4.78, 5) is 14.5. The Bertz CT molecular complexity index is 432. The fraction of sp³-hybridized carbons (Fsp3) is 0.200. The summed E-state index contributed by atoms with van der Waals surface area (Å²) in [6, 6.07) is 2.89. The third-order valence-electron chi connectivity index (χ3n) is 1.71. The second-order valence-electron chi connectivity index (χ2n) is 2.97. The number of carbonyl (C=O) groups is 1. The Morgan fingerprint density at radius 2 is 2.19 bits per heavy atom. The third-order valence-corrected chi connectivity index (χ3v) is 1.71. The van der Waals surface area contributed by atoms with E-state index in [2.05, 4.69) is 9.99 Å². The van der Waals surface area contributed by atoms with E-state index in [-0.39, 0.29) is 11.3 Å². The lowest BCUT2D eigenvalue weighted by molar-refractivity contribution is -0.142. The molecule has 0 radical (unpaired) electrons. The number of hydrogen-bond acceptors (Lipinski definition) is 3. The van der Waals surface area contributed by atoms with Crippen LogP contribution in [0, 0.1) is 11.6 Å². The molecule has 0 fully saturated rings. The van der Waals surface area contributed by atoms with E-state index in [1.807, 2.05) is 0 Å². The first-order valence-corrected chi connectivity index (χ1v) is 4.34. The number of oxime groups is 1. The van der Waals surface area contributed by atoms with E-state index in [1.165, 1.54) is 6.92 Å². The van der Waals surface area contributed by atoms with Crippen LogP contribution < -0.4 is 0 Å². The standard InChI is InChI=1S/C10H9F2NO3/c1-6(13-16-5-10(14)15)8-4-7(11)2-3-9(8)12/h2-4H,5H2,1H3,(H,14,15). The third kappa shape index (κ3) is 3.30. The zero-order valence-corrected chi connectivity index (χ0v) is 8.41. The fourth-order valence-electron chi connectivity index (χ4n) is 1.01. The number of carboxylic acids is 1. The molecule has 0 unspecified atom stereocenters. The second-order valence-corrected chi connectivity index (χ2v) is 2.97. The van der Waals surface area contributed by atoms with Gasteiger partial charge in [0, 0.05) is 5.56 Å². The SMILES string of the molecule is CC(=NOCC(=O)O)c1cc(F)ccc1F. The molecule has 0 saturated carbocycles. The molecule has 1 aromatic carbocycles. The molecule has 16 heavy (non-hydrogen) atoms. The van der Waals surface area contributed by atoms with E-state index in [9.17, 15) is 13.6 Å². The lowest BCUT2D eigenvalue weighted by atomic mass is 10.1. The van der Waals surface area contributed by atoms with Crippen LogP contribution in [-0.4, -0.2) is 23.4 Å². The first-order valence-electron chi connectivity index (χ1n) is 4.34. The minimum absolute atomic E-state index is 0.0645. The summed E-state index contributed by atoms with van der Waals surface area (Å²) in [5, 5.41) is 11.6. The van der Waals surface area contributed by atoms with E-state index in [0.717, 1.165) is 18.2 Å². The molecule has 0 aliphatic heterocycles. The number of rotatable bonds is 4. The van der Waals surface area contributed by atoms with E-state index in [0.29, 0.717) is 0 Å². The summed E-state index contributed by atoms with van der Waals surface area (Å²) in [6.07, 6.45) is 0. The molecule has 0 aliphatic rings. The zero-order valence-electron chi connectivity index (χ0n) is 8.41. The van der Waals surface area contributed by atoms with Crippen LogP contribution in [0.15, 0.2) is 23.4 Å². The van der Waals surface area contributed by atoms with E-state index in [4.69, 9.17) is 5.11 Å². The van der Waals surface area contributed by atoms with Crippen molar-refractivity contribution in [1.82, 2.24) is 0 Å². The van der Waals surface area contributed by atoms with Crippen molar-refractivity contribution in [1.29, 1.82) is 0 Å². The average molecular weight is 229 g/mol. The van der Waals surface area contributed by atoms with Crippen molar-refractivity contribution < 1.29 is 23.5 Å². The number of nitrogens with zero attached hydrogens (tertiary/aromatic N) is 1. The van der Waals surface area contributed by atoms with E-state index < -0.39 is 24.2 Å². The first-order chi connectivity index (χ1) is 7.50. The molecule has 0 bridgehead atoms. The van der Waals surface area contributed by atoms with Crippen LogP contribution in [0.1, 0.15) is 12.5 Å². The van der Waals surface area contributed by atoms with Gasteiger partial charge >= 0.3 is 5.97 Å². The van der Waals surface area contributed by atoms with Gasteiger partial charge in [0.15, 0.2) is 0 Å². The predicted octanol–water partition coefficient (Wildman–Crippen LogP) is 1.79. The average Bonchev–Trinajstić information content (AvgIpc) is 2.21. The number of halogens is 2. The maximum atomic E-state index is 13.2. The molecule has 0 saturated heterocycles. The second kappa shape index (κ2) is 5.20. The van der Waals surface area contributed by atoms with Crippen molar-refractivity contribution in [2.75, 3.05) is 6.61 Å². The van der Waals surface area contributed by atoms with Crippen LogP contribution in [0.25, 0.3) is 0 Å². The van der Waals surface area contributed by atoms with Crippen LogP contribution in [-0.2, 0) is 9.63 Å². The number of aliphatic carboxylic acids is 1. The largest absolute Gasteiger partial charge is 0.479 e. The van der Waals surface area contributed by atoms with Gasteiger partial charge in [-0.3, -0.25) is 0 Å². The minimum atomic E-state index is -1.20. The Labute approximate surface area is 90.1 Å². The van der Waals surface area contributed by atoms with Gasteiger partial charge in [-0.05, 0) is 25.1 Å². The van der Waals surface area contributed by atoms with Gasteiger partial charge in [0.1, 0.15) is 11.6 Å². The molecular formula is C10H9F2NO3. The predicted molar refractivity (Wildman–Crippen MR) is 52.2 cm³/mol. The smallest absolute Gasteiger partial charge is 0.344 e. The molecule has 0 amide bonds. The van der Waals surface area contributed by atoms with Crippen molar-refractivity contribution in [3.05, 3.63) is 35.4 Å². The molecule has 0 aromatic heterocycles. The summed E-state index contributed by atoms with van der Waals surface area (Å²) in [7, 11) is 0. The topological polar surface area (TPSA) is 58.9 Å². The number of benzene rings is 1. The van der Waals surface area contributed by atoms with Gasteiger partial charge in [-0.25, -0.2) is 13.6 Å². The maximum Gasteiger partial charge on any atom is 0.344 e. The van der Waals surface area contributed by atoms with Gasteiger partial charge in [-0.15, -0.1) is 0 Å². The van der Waals surface area contributed by atoms with Gasteiger partial charge < -0.3 is 9.94 Å². The van der Waals surface area contributed by atoms with Crippen LogP contribution in [0.3, 0.4) is 0 Å². The van der Waals surface area contributed by atoms with Crippen molar-refractivity contribution in [3.63, 3.8) is 0 Å². The van der Waals surface area contributed by atoms with Gasteiger partial charge in [0.05, 0.1) is 5.71 Å². The molecule has 4 nitrogen and oxygen atoms in total. The van der Waals surface area contributed by atoms with E-state index in [1.54, 1.807) is 0 Å². The van der Waals surface area contributed by atoms with Crippen molar-refractivity contribution in [2.24, 2.45) is 5.16 Å². The van der Waals surface area contributed by atoms with Gasteiger partial charge in [-0.2, -0.15) is 0 Å². The van der Waals surface area contributed by atoms with Crippen LogP contribution >= 0.6 is 0 Å². The molecular weight excluding hydrogens is 220 g/mol. The summed E-state index contributed by atoms with van der Waals surface area (Å²) in [5.74, 6) is -2.46. The maximum absolute atomic E-state index is 13.2. The van der Waals surface area contributed by atoms with Crippen molar-refractivity contribution >= 4 is 11.7 Å². The zero-order chi connectivity index (χ0) is 12.1.